The summed E-state index contributed by atoms with van der Waals surface area (Å²) in [5.41, 5.74) is 0.883. The number of nitrogens with one attached hydrogen (secondary N) is 1. The molecule has 0 radical (unpaired) electrons. The molecule has 1 aromatic carbocycles. The Labute approximate surface area is 181 Å². The fourth-order valence-corrected chi connectivity index (χ4v) is 4.41. The van der Waals surface area contributed by atoms with Crippen molar-refractivity contribution in [3.63, 3.8) is 0 Å². The molecular formula is C21H17ClF2N6O. The predicted molar refractivity (Wildman–Crippen MR) is 113 cm³/mol. The maximum absolute atomic E-state index is 14.3. The Kier molecular flexibility index (Phi) is 4.70. The highest BCUT2D eigenvalue weighted by atomic mass is 35.5. The minimum Gasteiger partial charge on any atom is -0.350 e. The van der Waals surface area contributed by atoms with Crippen molar-refractivity contribution in [3.8, 4) is 0 Å². The number of halogens is 3. The van der Waals surface area contributed by atoms with Crippen LogP contribution in [0.2, 0.25) is 5.02 Å². The van der Waals surface area contributed by atoms with Gasteiger partial charge < -0.3 is 15.1 Å². The molecule has 2 saturated heterocycles. The van der Waals surface area contributed by atoms with Gasteiger partial charge >= 0.3 is 0 Å². The number of amides is 1. The number of aromatic nitrogens is 3. The molecule has 7 nitrogen and oxygen atoms in total. The summed E-state index contributed by atoms with van der Waals surface area (Å²) in [6.45, 7) is 4.84. The second kappa shape index (κ2) is 7.42. The monoisotopic (exact) mass is 442 g/mol. The Hall–Kier alpha value is -3.33. The van der Waals surface area contributed by atoms with Gasteiger partial charge in [-0.25, -0.2) is 23.7 Å². The van der Waals surface area contributed by atoms with Gasteiger partial charge in [-0.1, -0.05) is 18.2 Å². The molecule has 2 bridgehead atoms. The Morgan fingerprint density at radius 2 is 2.00 bits per heavy atom. The van der Waals surface area contributed by atoms with E-state index in [2.05, 4.69) is 26.8 Å². The van der Waals surface area contributed by atoms with E-state index >= 15 is 0 Å². The lowest BCUT2D eigenvalue weighted by atomic mass is 10.2. The van der Waals surface area contributed by atoms with Crippen LogP contribution in [0.3, 0.4) is 0 Å². The normalized spacial score (nSPS) is 19.8. The van der Waals surface area contributed by atoms with Crippen molar-refractivity contribution in [2.24, 2.45) is 0 Å². The van der Waals surface area contributed by atoms with Gasteiger partial charge in [-0.2, -0.15) is 0 Å². The number of rotatable bonds is 4. The smallest absolute Gasteiger partial charge is 0.246 e. The highest BCUT2D eigenvalue weighted by Gasteiger charge is 2.45. The molecule has 0 spiro atoms. The number of nitrogens with zero attached hydrogens (tertiary/aromatic N) is 5. The van der Waals surface area contributed by atoms with Gasteiger partial charge in [-0.05, 0) is 36.8 Å². The first kappa shape index (κ1) is 19.6. The van der Waals surface area contributed by atoms with Crippen LogP contribution in [-0.4, -0.2) is 50.9 Å². The highest BCUT2D eigenvalue weighted by Crippen LogP contribution is 2.35. The van der Waals surface area contributed by atoms with Gasteiger partial charge in [0.15, 0.2) is 17.5 Å². The van der Waals surface area contributed by atoms with Gasteiger partial charge in [0, 0.05) is 13.1 Å². The molecule has 1 amide bonds. The number of anilines is 3. The molecule has 158 valence electrons. The zero-order valence-electron chi connectivity index (χ0n) is 16.2. The van der Waals surface area contributed by atoms with Crippen LogP contribution in [0.25, 0.3) is 11.0 Å². The van der Waals surface area contributed by atoms with Crippen LogP contribution in [0.5, 0.6) is 0 Å². The van der Waals surface area contributed by atoms with Crippen LogP contribution in [0.1, 0.15) is 6.42 Å². The fourth-order valence-electron chi connectivity index (χ4n) is 4.27. The number of fused-ring (bicyclic) bond motifs is 3. The van der Waals surface area contributed by atoms with Crippen LogP contribution in [0.4, 0.5) is 26.1 Å². The van der Waals surface area contributed by atoms with E-state index in [-0.39, 0.29) is 34.5 Å². The number of hydrogen-bond acceptors (Lipinski definition) is 6. The molecule has 3 aromatic rings. The van der Waals surface area contributed by atoms with Gasteiger partial charge in [0.1, 0.15) is 17.7 Å². The second-order valence-electron chi connectivity index (χ2n) is 7.50. The van der Waals surface area contributed by atoms with E-state index in [1.807, 2.05) is 17.0 Å². The molecule has 4 heterocycles. The Morgan fingerprint density at radius 1 is 1.16 bits per heavy atom. The third kappa shape index (κ3) is 3.25. The lowest BCUT2D eigenvalue weighted by Crippen LogP contribution is -2.48. The average molecular weight is 443 g/mol. The zero-order chi connectivity index (χ0) is 21.7. The van der Waals surface area contributed by atoms with E-state index in [1.54, 1.807) is 0 Å². The third-order valence-electron chi connectivity index (χ3n) is 5.75. The summed E-state index contributed by atoms with van der Waals surface area (Å²) in [5, 5.41) is 2.49. The summed E-state index contributed by atoms with van der Waals surface area (Å²) in [6, 6.07) is 6.54. The minimum atomic E-state index is -1.13. The van der Waals surface area contributed by atoms with Crippen LogP contribution in [-0.2, 0) is 4.79 Å². The largest absolute Gasteiger partial charge is 0.350 e. The molecule has 31 heavy (non-hydrogen) atoms. The van der Waals surface area contributed by atoms with Crippen LogP contribution >= 0.6 is 11.6 Å². The number of pyridine rings is 1. The summed E-state index contributed by atoms with van der Waals surface area (Å²) in [5.74, 6) is -1.33. The standard InChI is InChI=1S/C21H17ClF2N6O/c1-2-17(31)30-9-11-7-12(30)8-29(11)16-6-5-15-20(28-16)21(26-10-25-15)27-14-4-3-13(22)18(23)19(14)24/h2-6,10-12H,1,7-9H2,(H,25,26,27)/t11-,12-/m0/s1. The van der Waals surface area contributed by atoms with Crippen molar-refractivity contribution in [1.82, 2.24) is 19.9 Å². The van der Waals surface area contributed by atoms with Crippen molar-refractivity contribution in [3.05, 3.63) is 59.9 Å². The first-order valence-electron chi connectivity index (χ1n) is 9.68. The SMILES string of the molecule is C=CC(=O)N1C[C@@H]2C[C@H]1CN2c1ccc2ncnc(Nc3ccc(Cl)c(F)c3F)c2n1. The van der Waals surface area contributed by atoms with Crippen molar-refractivity contribution in [1.29, 1.82) is 0 Å². The molecule has 2 atom stereocenters. The Bertz CT molecular complexity index is 1220. The summed E-state index contributed by atoms with van der Waals surface area (Å²) in [6.07, 6.45) is 3.53. The van der Waals surface area contributed by atoms with Gasteiger partial charge in [0.05, 0.1) is 28.3 Å². The number of hydrogen-bond donors (Lipinski definition) is 1. The number of carbonyl (C=O) groups is 1. The topological polar surface area (TPSA) is 74.2 Å². The number of likely N-dealkylation sites (tertiary alicyclic amines) is 1. The first-order chi connectivity index (χ1) is 15.0. The molecule has 0 unspecified atom stereocenters. The Morgan fingerprint density at radius 3 is 2.74 bits per heavy atom. The van der Waals surface area contributed by atoms with Gasteiger partial charge in [0.25, 0.3) is 0 Å². The first-order valence-corrected chi connectivity index (χ1v) is 10.1. The van der Waals surface area contributed by atoms with E-state index in [1.165, 1.54) is 24.5 Å². The van der Waals surface area contributed by atoms with Crippen molar-refractivity contribution >= 4 is 45.9 Å². The van der Waals surface area contributed by atoms with Crippen LogP contribution in [0, 0.1) is 11.6 Å². The third-order valence-corrected chi connectivity index (χ3v) is 6.04. The molecule has 1 N–H and O–H groups in total. The summed E-state index contributed by atoms with van der Waals surface area (Å²) >= 11 is 5.63. The molecule has 5 rings (SSSR count). The average Bonchev–Trinajstić information content (AvgIpc) is 3.40. The summed E-state index contributed by atoms with van der Waals surface area (Å²) in [7, 11) is 0. The van der Waals surface area contributed by atoms with Gasteiger partial charge in [-0.15, -0.1) is 0 Å². The lowest BCUT2D eigenvalue weighted by Gasteiger charge is -2.34. The summed E-state index contributed by atoms with van der Waals surface area (Å²) < 4.78 is 28.1. The highest BCUT2D eigenvalue weighted by molar-refractivity contribution is 6.30. The second-order valence-corrected chi connectivity index (χ2v) is 7.91. The van der Waals surface area contributed by atoms with Gasteiger partial charge in [-0.3, -0.25) is 4.79 Å². The van der Waals surface area contributed by atoms with Crippen molar-refractivity contribution < 1.29 is 13.6 Å². The maximum Gasteiger partial charge on any atom is 0.246 e. The fraction of sp³-hybridized carbons (Fsp3) is 0.238. The Balaban J connectivity index is 1.47. The molecule has 0 aliphatic carbocycles. The van der Waals surface area contributed by atoms with Gasteiger partial charge in [0.2, 0.25) is 5.91 Å². The zero-order valence-corrected chi connectivity index (χ0v) is 17.0. The summed E-state index contributed by atoms with van der Waals surface area (Å²) in [4.78, 5) is 29.1. The van der Waals surface area contributed by atoms with Crippen LogP contribution < -0.4 is 10.2 Å². The van der Waals surface area contributed by atoms with E-state index in [4.69, 9.17) is 16.6 Å². The van der Waals surface area contributed by atoms with E-state index in [9.17, 15) is 13.6 Å². The maximum atomic E-state index is 14.3. The van der Waals surface area contributed by atoms with Crippen molar-refractivity contribution in [2.45, 2.75) is 18.5 Å². The number of piperazine rings is 1. The number of benzene rings is 1. The number of carbonyl (C=O) groups excluding carboxylic acids is 1. The van der Waals surface area contributed by atoms with E-state index in [0.717, 1.165) is 6.42 Å². The molecule has 2 aromatic heterocycles. The quantitative estimate of drug-likeness (QED) is 0.491. The molecule has 10 heteroatoms. The molecule has 0 saturated carbocycles. The molecule has 2 aliphatic rings. The molecule has 2 fully saturated rings. The predicted octanol–water partition coefficient (Wildman–Crippen LogP) is 3.68. The van der Waals surface area contributed by atoms with E-state index in [0.29, 0.717) is 29.9 Å². The van der Waals surface area contributed by atoms with Crippen molar-refractivity contribution in [2.75, 3.05) is 23.3 Å². The molecule has 2 aliphatic heterocycles. The van der Waals surface area contributed by atoms with Crippen LogP contribution in [0.15, 0.2) is 43.2 Å². The molecular weight excluding hydrogens is 426 g/mol. The lowest BCUT2D eigenvalue weighted by molar-refractivity contribution is -0.127. The minimum absolute atomic E-state index is 0.0595. The van der Waals surface area contributed by atoms with E-state index < -0.39 is 11.6 Å².